The van der Waals surface area contributed by atoms with Crippen LogP contribution in [-0.2, 0) is 0 Å². The van der Waals surface area contributed by atoms with Gasteiger partial charge in [-0.2, -0.15) is 0 Å². The van der Waals surface area contributed by atoms with E-state index >= 15 is 0 Å². The van der Waals surface area contributed by atoms with Crippen molar-refractivity contribution in [1.29, 1.82) is 0 Å². The van der Waals surface area contributed by atoms with E-state index in [2.05, 4.69) is 4.98 Å². The highest BCUT2D eigenvalue weighted by Crippen LogP contribution is 2.27. The molecule has 1 N–H and O–H groups in total. The van der Waals surface area contributed by atoms with Gasteiger partial charge in [0.1, 0.15) is 17.1 Å². The second kappa shape index (κ2) is 4.94. The summed E-state index contributed by atoms with van der Waals surface area (Å²) < 4.78 is 6.77. The van der Waals surface area contributed by atoms with Crippen LogP contribution >= 0.6 is 0 Å². The van der Waals surface area contributed by atoms with E-state index in [1.54, 1.807) is 29.7 Å². The zero-order valence-electron chi connectivity index (χ0n) is 11.7. The number of aromatic nitrogens is 2. The van der Waals surface area contributed by atoms with Crippen molar-refractivity contribution >= 4 is 11.6 Å². The van der Waals surface area contributed by atoms with Gasteiger partial charge in [0.25, 0.3) is 0 Å². The molecule has 5 nitrogen and oxygen atoms in total. The molecular formula is C16H14N2O3. The number of aromatic carboxylic acids is 1. The van der Waals surface area contributed by atoms with Crippen LogP contribution < -0.4 is 4.74 Å². The van der Waals surface area contributed by atoms with Gasteiger partial charge in [0.2, 0.25) is 0 Å². The molecule has 21 heavy (non-hydrogen) atoms. The van der Waals surface area contributed by atoms with E-state index in [0.717, 1.165) is 17.0 Å². The molecule has 0 aliphatic carbocycles. The van der Waals surface area contributed by atoms with Crippen molar-refractivity contribution in [2.24, 2.45) is 0 Å². The van der Waals surface area contributed by atoms with Crippen molar-refractivity contribution in [3.05, 3.63) is 53.9 Å². The predicted octanol–water partition coefficient (Wildman–Crippen LogP) is 3.02. The Hall–Kier alpha value is -2.82. The summed E-state index contributed by atoms with van der Waals surface area (Å²) in [5, 5.41) is 9.55. The monoisotopic (exact) mass is 282 g/mol. The van der Waals surface area contributed by atoms with Gasteiger partial charge in [0.15, 0.2) is 5.69 Å². The molecular weight excluding hydrogens is 268 g/mol. The van der Waals surface area contributed by atoms with Crippen LogP contribution in [0.1, 0.15) is 16.2 Å². The number of hydrogen-bond acceptors (Lipinski definition) is 3. The third kappa shape index (κ3) is 2.12. The van der Waals surface area contributed by atoms with E-state index in [1.807, 2.05) is 31.2 Å². The van der Waals surface area contributed by atoms with Crippen LogP contribution in [0.5, 0.6) is 5.75 Å². The number of carboxylic acid groups (broad SMARTS) is 1. The quantitative estimate of drug-likeness (QED) is 0.802. The molecule has 0 fully saturated rings. The molecule has 0 saturated carbocycles. The second-order valence-corrected chi connectivity index (χ2v) is 4.70. The Morgan fingerprint density at radius 2 is 1.90 bits per heavy atom. The smallest absolute Gasteiger partial charge is 0.355 e. The number of carbonyl (C=O) groups is 1. The second-order valence-electron chi connectivity index (χ2n) is 4.70. The summed E-state index contributed by atoms with van der Waals surface area (Å²) in [6.07, 6.45) is 0. The van der Waals surface area contributed by atoms with E-state index in [1.165, 1.54) is 0 Å². The summed E-state index contributed by atoms with van der Waals surface area (Å²) in [6.45, 7) is 1.86. The fraction of sp³-hybridized carbons (Fsp3) is 0.125. The highest BCUT2D eigenvalue weighted by Gasteiger charge is 2.20. The summed E-state index contributed by atoms with van der Waals surface area (Å²) in [5.41, 5.74) is 2.83. The molecule has 0 unspecified atom stereocenters. The maximum atomic E-state index is 11.7. The summed E-state index contributed by atoms with van der Waals surface area (Å²) in [6, 6.07) is 12.7. The molecule has 0 bridgehead atoms. The normalized spacial score (nSPS) is 10.8. The van der Waals surface area contributed by atoms with Crippen LogP contribution in [-0.4, -0.2) is 27.6 Å². The molecule has 0 aliphatic rings. The van der Waals surface area contributed by atoms with Crippen LogP contribution in [0.3, 0.4) is 0 Å². The van der Waals surface area contributed by atoms with Crippen LogP contribution in [0, 0.1) is 6.92 Å². The van der Waals surface area contributed by atoms with Gasteiger partial charge >= 0.3 is 5.97 Å². The average molecular weight is 282 g/mol. The zero-order valence-corrected chi connectivity index (χ0v) is 11.7. The molecule has 0 radical (unpaired) electrons. The molecule has 0 amide bonds. The molecule has 3 rings (SSSR count). The molecule has 1 aromatic carbocycles. The van der Waals surface area contributed by atoms with E-state index in [9.17, 15) is 9.90 Å². The average Bonchev–Trinajstić information content (AvgIpc) is 2.88. The van der Waals surface area contributed by atoms with E-state index < -0.39 is 5.97 Å². The Kier molecular flexibility index (Phi) is 3.10. The molecule has 0 aliphatic heterocycles. The number of benzene rings is 1. The maximum absolute atomic E-state index is 11.7. The third-order valence-corrected chi connectivity index (χ3v) is 3.40. The fourth-order valence-electron chi connectivity index (χ4n) is 2.40. The Bertz CT molecular complexity index is 819. The summed E-state index contributed by atoms with van der Waals surface area (Å²) in [5.74, 6) is -0.279. The highest BCUT2D eigenvalue weighted by atomic mass is 16.5. The number of nitrogens with zero attached hydrogens (tertiary/aromatic N) is 2. The highest BCUT2D eigenvalue weighted by molar-refractivity contribution is 5.94. The number of carboxylic acids is 1. The fourth-order valence-corrected chi connectivity index (χ4v) is 2.40. The first-order chi connectivity index (χ1) is 10.1. The molecule has 0 atom stereocenters. The first-order valence-electron chi connectivity index (χ1n) is 6.47. The van der Waals surface area contributed by atoms with Gasteiger partial charge in [-0.3, -0.25) is 4.40 Å². The van der Waals surface area contributed by atoms with E-state index in [4.69, 9.17) is 4.74 Å². The number of aryl methyl sites for hydroxylation is 1. The van der Waals surface area contributed by atoms with Gasteiger partial charge in [-0.15, -0.1) is 0 Å². The molecule has 3 aromatic rings. The molecule has 2 heterocycles. The first-order valence-corrected chi connectivity index (χ1v) is 6.47. The summed E-state index contributed by atoms with van der Waals surface area (Å²) in [4.78, 5) is 16.1. The third-order valence-electron chi connectivity index (χ3n) is 3.40. The van der Waals surface area contributed by atoms with Crippen LogP contribution in [0.2, 0.25) is 0 Å². The van der Waals surface area contributed by atoms with E-state index in [-0.39, 0.29) is 5.69 Å². The minimum Gasteiger partial charge on any atom is -0.497 e. The summed E-state index contributed by atoms with van der Waals surface area (Å²) in [7, 11) is 1.59. The summed E-state index contributed by atoms with van der Waals surface area (Å²) >= 11 is 0. The number of rotatable bonds is 3. The van der Waals surface area contributed by atoms with Gasteiger partial charge < -0.3 is 9.84 Å². The minimum absolute atomic E-state index is 0.174. The Labute approximate surface area is 121 Å². The largest absolute Gasteiger partial charge is 0.497 e. The number of methoxy groups -OCH3 is 1. The van der Waals surface area contributed by atoms with Gasteiger partial charge in [-0.1, -0.05) is 6.07 Å². The molecule has 0 spiro atoms. The van der Waals surface area contributed by atoms with Crippen LogP contribution in [0.15, 0.2) is 42.5 Å². The number of hydrogen-bond donors (Lipinski definition) is 1. The first kappa shape index (κ1) is 13.2. The zero-order chi connectivity index (χ0) is 15.0. The lowest BCUT2D eigenvalue weighted by atomic mass is 10.1. The Morgan fingerprint density at radius 3 is 2.52 bits per heavy atom. The number of imidazole rings is 1. The van der Waals surface area contributed by atoms with Crippen molar-refractivity contribution in [2.75, 3.05) is 7.11 Å². The van der Waals surface area contributed by atoms with Crippen molar-refractivity contribution in [3.63, 3.8) is 0 Å². The maximum Gasteiger partial charge on any atom is 0.355 e. The SMILES string of the molecule is COc1ccc(-c2nc3cccc(C)n3c2C(=O)O)cc1. The lowest BCUT2D eigenvalue weighted by molar-refractivity contribution is 0.0690. The topological polar surface area (TPSA) is 63.8 Å². The number of ether oxygens (including phenoxy) is 1. The standard InChI is InChI=1S/C16H14N2O3/c1-10-4-3-5-13-17-14(15(16(19)20)18(10)13)11-6-8-12(21-2)9-7-11/h3-9H,1-2H3,(H,19,20). The molecule has 0 saturated heterocycles. The molecule has 106 valence electrons. The lowest BCUT2D eigenvalue weighted by Gasteiger charge is -2.04. The molecule has 5 heteroatoms. The van der Waals surface area contributed by atoms with Gasteiger partial charge in [0.05, 0.1) is 7.11 Å². The van der Waals surface area contributed by atoms with E-state index in [0.29, 0.717) is 11.3 Å². The Balaban J connectivity index is 2.28. The van der Waals surface area contributed by atoms with Crippen LogP contribution in [0.25, 0.3) is 16.9 Å². The number of fused-ring (bicyclic) bond motifs is 1. The van der Waals surface area contributed by atoms with Crippen molar-refractivity contribution in [1.82, 2.24) is 9.38 Å². The van der Waals surface area contributed by atoms with Crippen molar-refractivity contribution in [2.45, 2.75) is 6.92 Å². The predicted molar refractivity (Wildman–Crippen MR) is 78.9 cm³/mol. The number of pyridine rings is 1. The van der Waals surface area contributed by atoms with Gasteiger partial charge in [-0.25, -0.2) is 9.78 Å². The van der Waals surface area contributed by atoms with Crippen molar-refractivity contribution < 1.29 is 14.6 Å². The van der Waals surface area contributed by atoms with Gasteiger partial charge in [-0.05, 0) is 43.3 Å². The minimum atomic E-state index is -0.998. The van der Waals surface area contributed by atoms with Crippen LogP contribution in [0.4, 0.5) is 0 Å². The van der Waals surface area contributed by atoms with Crippen molar-refractivity contribution in [3.8, 4) is 17.0 Å². The molecule has 2 aromatic heterocycles. The van der Waals surface area contributed by atoms with Gasteiger partial charge in [0, 0.05) is 11.3 Å². The Morgan fingerprint density at radius 1 is 1.19 bits per heavy atom. The lowest BCUT2D eigenvalue weighted by Crippen LogP contribution is -2.05.